The lowest BCUT2D eigenvalue weighted by atomic mass is 10.1. The van der Waals surface area contributed by atoms with E-state index in [0.29, 0.717) is 16.2 Å². The quantitative estimate of drug-likeness (QED) is 0.559. The van der Waals surface area contributed by atoms with Gasteiger partial charge in [0.25, 0.3) is 0 Å². The van der Waals surface area contributed by atoms with Crippen LogP contribution in [-0.2, 0) is 16.3 Å². The summed E-state index contributed by atoms with van der Waals surface area (Å²) in [4.78, 5) is 0.770. The van der Waals surface area contributed by atoms with E-state index < -0.39 is 9.84 Å². The highest BCUT2D eigenvalue weighted by atomic mass is 32.2. The van der Waals surface area contributed by atoms with Crippen LogP contribution in [0.4, 0.5) is 0 Å². The monoisotopic (exact) mass is 306 g/mol. The van der Waals surface area contributed by atoms with Crippen molar-refractivity contribution in [1.82, 2.24) is 0 Å². The zero-order valence-electron chi connectivity index (χ0n) is 11.9. The van der Waals surface area contributed by atoms with Crippen molar-refractivity contribution >= 4 is 9.84 Å². The zero-order valence-corrected chi connectivity index (χ0v) is 12.7. The van der Waals surface area contributed by atoms with Crippen LogP contribution >= 0.6 is 0 Å². The van der Waals surface area contributed by atoms with Gasteiger partial charge in [0, 0.05) is 0 Å². The van der Waals surface area contributed by atoms with Gasteiger partial charge < -0.3 is 0 Å². The van der Waals surface area contributed by atoms with Gasteiger partial charge in [-0.2, -0.15) is 0 Å². The average Bonchev–Trinajstić information content (AvgIpc) is 2.94. The van der Waals surface area contributed by atoms with E-state index in [1.807, 2.05) is 30.3 Å². The molecule has 3 heteroatoms. The highest BCUT2D eigenvalue weighted by molar-refractivity contribution is 7.91. The molecule has 0 unspecified atom stereocenters. The Kier molecular flexibility index (Phi) is 2.91. The molecule has 1 aliphatic rings. The molecule has 0 heterocycles. The van der Waals surface area contributed by atoms with E-state index in [0.717, 1.165) is 16.7 Å². The highest BCUT2D eigenvalue weighted by Gasteiger charge is 2.27. The Balaban J connectivity index is 1.94. The van der Waals surface area contributed by atoms with Gasteiger partial charge in [-0.1, -0.05) is 54.6 Å². The van der Waals surface area contributed by atoms with Crippen LogP contribution in [0.1, 0.15) is 11.1 Å². The summed E-state index contributed by atoms with van der Waals surface area (Å²) in [6.45, 7) is 0. The maximum absolute atomic E-state index is 12.9. The van der Waals surface area contributed by atoms with Crippen molar-refractivity contribution in [2.24, 2.45) is 0 Å². The van der Waals surface area contributed by atoms with Crippen molar-refractivity contribution < 1.29 is 8.42 Å². The molecule has 0 saturated heterocycles. The second-order valence-corrected chi connectivity index (χ2v) is 7.35. The Labute approximate surface area is 130 Å². The highest BCUT2D eigenvalue weighted by Crippen LogP contribution is 2.40. The van der Waals surface area contributed by atoms with Gasteiger partial charge in [-0.15, -0.1) is 0 Å². The molecule has 0 fully saturated rings. The van der Waals surface area contributed by atoms with Gasteiger partial charge in [-0.3, -0.25) is 0 Å². The molecule has 0 saturated carbocycles. The van der Waals surface area contributed by atoms with Gasteiger partial charge in [0.05, 0.1) is 9.79 Å². The fourth-order valence-electron chi connectivity index (χ4n) is 3.11. The number of sulfone groups is 1. The minimum Gasteiger partial charge on any atom is -0.219 e. The minimum atomic E-state index is -3.48. The molecule has 22 heavy (non-hydrogen) atoms. The number of hydrogen-bond donors (Lipinski definition) is 0. The lowest BCUT2D eigenvalue weighted by Gasteiger charge is -2.10. The Morgan fingerprint density at radius 3 is 2.18 bits per heavy atom. The number of fused-ring (bicyclic) bond motifs is 3. The smallest absolute Gasteiger partial charge is 0.206 e. The molecule has 0 radical (unpaired) electrons. The molecule has 0 amide bonds. The number of benzene rings is 3. The zero-order chi connectivity index (χ0) is 15.2. The van der Waals surface area contributed by atoms with Crippen LogP contribution in [0.2, 0.25) is 0 Å². The molecule has 2 nitrogen and oxygen atoms in total. The van der Waals surface area contributed by atoms with Crippen LogP contribution in [0.5, 0.6) is 0 Å². The molecular formula is C19H14O2S. The summed E-state index contributed by atoms with van der Waals surface area (Å²) in [5, 5.41) is 0. The van der Waals surface area contributed by atoms with Gasteiger partial charge in [0.15, 0.2) is 0 Å². The van der Waals surface area contributed by atoms with E-state index in [1.165, 1.54) is 5.56 Å². The lowest BCUT2D eigenvalue weighted by molar-refractivity contribution is 0.595. The maximum atomic E-state index is 12.9. The van der Waals surface area contributed by atoms with Crippen LogP contribution in [0.25, 0.3) is 11.1 Å². The Morgan fingerprint density at radius 2 is 1.36 bits per heavy atom. The number of hydrogen-bond acceptors (Lipinski definition) is 2. The van der Waals surface area contributed by atoms with Crippen LogP contribution in [0.3, 0.4) is 0 Å². The normalized spacial score (nSPS) is 12.7. The van der Waals surface area contributed by atoms with Crippen molar-refractivity contribution in [2.45, 2.75) is 16.2 Å². The van der Waals surface area contributed by atoms with Crippen LogP contribution in [-0.4, -0.2) is 8.42 Å². The van der Waals surface area contributed by atoms with Crippen LogP contribution in [0, 0.1) is 0 Å². The molecule has 108 valence electrons. The first kappa shape index (κ1) is 13.3. The fourth-order valence-corrected chi connectivity index (χ4v) is 4.64. The Morgan fingerprint density at radius 1 is 0.682 bits per heavy atom. The summed E-state index contributed by atoms with van der Waals surface area (Å²) in [6.07, 6.45) is 0.674. The Bertz CT molecular complexity index is 958. The molecule has 0 bridgehead atoms. The molecule has 3 aromatic rings. The molecule has 0 aliphatic heterocycles. The van der Waals surface area contributed by atoms with Gasteiger partial charge in [-0.25, -0.2) is 8.42 Å². The molecular weight excluding hydrogens is 292 g/mol. The predicted molar refractivity (Wildman–Crippen MR) is 86.6 cm³/mol. The lowest BCUT2D eigenvalue weighted by Crippen LogP contribution is -2.05. The van der Waals surface area contributed by atoms with Gasteiger partial charge in [0.2, 0.25) is 9.84 Å². The summed E-state index contributed by atoms with van der Waals surface area (Å²) < 4.78 is 25.9. The third-order valence-electron chi connectivity index (χ3n) is 4.15. The molecule has 1 aliphatic carbocycles. The van der Waals surface area contributed by atoms with Gasteiger partial charge in [-0.05, 0) is 46.9 Å². The second kappa shape index (κ2) is 4.82. The topological polar surface area (TPSA) is 34.1 Å². The Hall–Kier alpha value is -2.39. The average molecular weight is 306 g/mol. The van der Waals surface area contributed by atoms with Crippen molar-refractivity contribution in [3.63, 3.8) is 0 Å². The number of rotatable bonds is 2. The van der Waals surface area contributed by atoms with E-state index >= 15 is 0 Å². The standard InChI is InChI=1S/C19H14O2S/c20-22(21,15-8-2-1-3-9-15)19-12-6-11-17-16-10-5-4-7-14(16)13-18(17)19/h1-12H,13H2. The van der Waals surface area contributed by atoms with E-state index in [-0.39, 0.29) is 0 Å². The van der Waals surface area contributed by atoms with Crippen LogP contribution in [0.15, 0.2) is 82.6 Å². The first-order valence-corrected chi connectivity index (χ1v) is 8.66. The van der Waals surface area contributed by atoms with E-state index in [4.69, 9.17) is 0 Å². The summed E-state index contributed by atoms with van der Waals surface area (Å²) >= 11 is 0. The van der Waals surface area contributed by atoms with Crippen molar-refractivity contribution in [1.29, 1.82) is 0 Å². The first-order chi connectivity index (χ1) is 10.7. The largest absolute Gasteiger partial charge is 0.219 e. The SMILES string of the molecule is O=S(=O)(c1ccccc1)c1cccc2c1Cc1ccccc1-2. The third kappa shape index (κ3) is 1.90. The third-order valence-corrected chi connectivity index (χ3v) is 6.01. The van der Waals surface area contributed by atoms with E-state index in [9.17, 15) is 8.42 Å². The summed E-state index contributed by atoms with van der Waals surface area (Å²) in [5.41, 5.74) is 4.27. The van der Waals surface area contributed by atoms with Gasteiger partial charge >= 0.3 is 0 Å². The van der Waals surface area contributed by atoms with Crippen LogP contribution < -0.4 is 0 Å². The van der Waals surface area contributed by atoms with E-state index in [2.05, 4.69) is 12.1 Å². The molecule has 0 spiro atoms. The van der Waals surface area contributed by atoms with Gasteiger partial charge in [0.1, 0.15) is 0 Å². The van der Waals surface area contributed by atoms with Crippen molar-refractivity contribution in [3.05, 3.63) is 83.9 Å². The maximum Gasteiger partial charge on any atom is 0.206 e. The molecule has 3 aromatic carbocycles. The van der Waals surface area contributed by atoms with Crippen molar-refractivity contribution in [3.8, 4) is 11.1 Å². The second-order valence-electron chi connectivity index (χ2n) is 5.43. The summed E-state index contributed by atoms with van der Waals surface area (Å²) in [7, 11) is -3.48. The fraction of sp³-hybridized carbons (Fsp3) is 0.0526. The minimum absolute atomic E-state index is 0.347. The molecule has 0 N–H and O–H groups in total. The summed E-state index contributed by atoms with van der Waals surface area (Å²) in [5.74, 6) is 0. The molecule has 0 aromatic heterocycles. The first-order valence-electron chi connectivity index (χ1n) is 7.18. The molecule has 0 atom stereocenters. The summed E-state index contributed by atoms with van der Waals surface area (Å²) in [6, 6.07) is 22.3. The van der Waals surface area contributed by atoms with E-state index in [1.54, 1.807) is 30.3 Å². The molecule has 4 rings (SSSR count). The van der Waals surface area contributed by atoms with Crippen molar-refractivity contribution in [2.75, 3.05) is 0 Å². The predicted octanol–water partition coefficient (Wildman–Crippen LogP) is 4.09.